The van der Waals surface area contributed by atoms with Crippen LogP contribution in [-0.4, -0.2) is 32.8 Å². The number of rotatable bonds is 2. The first kappa shape index (κ1) is 13.7. The van der Waals surface area contributed by atoms with Gasteiger partial charge in [-0.1, -0.05) is 17.2 Å². The fraction of sp³-hybridized carbons (Fsp3) is 0.0714. The van der Waals surface area contributed by atoms with Gasteiger partial charge in [-0.2, -0.15) is 0 Å². The topological polar surface area (TPSA) is 109 Å². The number of benzene rings is 1. The first-order valence-corrected chi connectivity index (χ1v) is 6.25. The number of aromatic amines is 1. The Kier molecular flexibility index (Phi) is 3.06. The van der Waals surface area contributed by atoms with Crippen molar-refractivity contribution in [2.75, 3.05) is 0 Å². The summed E-state index contributed by atoms with van der Waals surface area (Å²) in [6.07, 6.45) is 0. The molecule has 1 aromatic heterocycles. The minimum atomic E-state index is -1.07. The quantitative estimate of drug-likeness (QED) is 0.806. The normalized spacial score (nSPS) is 13.2. The molecular weight excluding hydrogens is 290 g/mol. The van der Waals surface area contributed by atoms with Crippen molar-refractivity contribution < 1.29 is 19.2 Å². The molecule has 0 aliphatic carbocycles. The predicted octanol–water partition coefficient (Wildman–Crippen LogP) is 0.446. The Hall–Kier alpha value is -3.29. The maximum absolute atomic E-state index is 12.0. The Balaban J connectivity index is 1.88. The number of hydroxylamine groups is 2. The molecule has 1 N–H and O–H groups in total. The lowest BCUT2D eigenvalue weighted by molar-refractivity contribution is -0.0588. The van der Waals surface area contributed by atoms with E-state index in [1.807, 2.05) is 0 Å². The van der Waals surface area contributed by atoms with Gasteiger partial charge in [-0.25, -0.2) is 9.78 Å². The number of fused-ring (bicyclic) bond motifs is 1. The molecule has 0 unspecified atom stereocenters. The standard InChI is InChI=1S/C14H9N3O5/c1-7-15-10(6-11(18)16-7)14(21)22-17-12(19)8-4-2-3-5-9(8)13(17)20/h2-6H,1H3,(H,15,16,18). The molecule has 0 spiro atoms. The summed E-state index contributed by atoms with van der Waals surface area (Å²) in [7, 11) is 0. The van der Waals surface area contributed by atoms with Crippen LogP contribution in [0, 0.1) is 6.92 Å². The Morgan fingerprint density at radius 1 is 1.14 bits per heavy atom. The number of nitrogens with one attached hydrogen (secondary N) is 1. The van der Waals surface area contributed by atoms with Crippen LogP contribution in [0.5, 0.6) is 0 Å². The van der Waals surface area contributed by atoms with E-state index in [-0.39, 0.29) is 22.6 Å². The predicted molar refractivity (Wildman–Crippen MR) is 72.0 cm³/mol. The minimum absolute atomic E-state index is 0.148. The molecule has 8 nitrogen and oxygen atoms in total. The average molecular weight is 299 g/mol. The van der Waals surface area contributed by atoms with Crippen molar-refractivity contribution in [3.63, 3.8) is 0 Å². The maximum atomic E-state index is 12.0. The molecular formula is C14H9N3O5. The number of carbonyl (C=O) groups excluding carboxylic acids is 3. The van der Waals surface area contributed by atoms with E-state index in [2.05, 4.69) is 9.97 Å². The lowest BCUT2D eigenvalue weighted by Gasteiger charge is -2.12. The molecule has 0 saturated carbocycles. The fourth-order valence-electron chi connectivity index (χ4n) is 2.06. The molecule has 0 saturated heterocycles. The van der Waals surface area contributed by atoms with Crippen LogP contribution in [0.3, 0.4) is 0 Å². The SMILES string of the molecule is Cc1nc(C(=O)ON2C(=O)c3ccccc3C2=O)cc(=O)[nH]1. The van der Waals surface area contributed by atoms with Gasteiger partial charge in [0.15, 0.2) is 5.69 Å². The Labute approximate surface area is 123 Å². The molecule has 110 valence electrons. The summed E-state index contributed by atoms with van der Waals surface area (Å²) >= 11 is 0. The summed E-state index contributed by atoms with van der Waals surface area (Å²) in [5.41, 5.74) is -0.537. The summed E-state index contributed by atoms with van der Waals surface area (Å²) in [5, 5.41) is 0.366. The van der Waals surface area contributed by atoms with Crippen molar-refractivity contribution in [2.45, 2.75) is 6.92 Å². The van der Waals surface area contributed by atoms with Gasteiger partial charge in [-0.15, -0.1) is 0 Å². The summed E-state index contributed by atoms with van der Waals surface area (Å²) in [6.45, 7) is 1.49. The van der Waals surface area contributed by atoms with Crippen LogP contribution in [0.4, 0.5) is 0 Å². The van der Waals surface area contributed by atoms with Crippen LogP contribution >= 0.6 is 0 Å². The number of nitrogens with zero attached hydrogens (tertiary/aromatic N) is 2. The van der Waals surface area contributed by atoms with E-state index in [1.54, 1.807) is 12.1 Å². The third kappa shape index (κ3) is 2.16. The van der Waals surface area contributed by atoms with E-state index in [1.165, 1.54) is 19.1 Å². The zero-order valence-corrected chi connectivity index (χ0v) is 11.3. The van der Waals surface area contributed by atoms with Crippen LogP contribution in [-0.2, 0) is 4.84 Å². The monoisotopic (exact) mass is 299 g/mol. The van der Waals surface area contributed by atoms with E-state index in [9.17, 15) is 19.2 Å². The molecule has 1 aliphatic rings. The zero-order chi connectivity index (χ0) is 15.9. The fourth-order valence-corrected chi connectivity index (χ4v) is 2.06. The number of carbonyl (C=O) groups is 3. The molecule has 1 aromatic carbocycles. The van der Waals surface area contributed by atoms with Crippen molar-refractivity contribution in [3.05, 3.63) is 63.3 Å². The van der Waals surface area contributed by atoms with Gasteiger partial charge in [-0.3, -0.25) is 14.4 Å². The second kappa shape index (κ2) is 4.92. The molecule has 0 atom stereocenters. The van der Waals surface area contributed by atoms with Crippen LogP contribution in [0.25, 0.3) is 0 Å². The van der Waals surface area contributed by atoms with Gasteiger partial charge in [0.05, 0.1) is 11.1 Å². The highest BCUT2D eigenvalue weighted by atomic mass is 16.7. The van der Waals surface area contributed by atoms with E-state index >= 15 is 0 Å². The van der Waals surface area contributed by atoms with Crippen molar-refractivity contribution >= 4 is 17.8 Å². The highest BCUT2D eigenvalue weighted by molar-refractivity contribution is 6.21. The lowest BCUT2D eigenvalue weighted by Crippen LogP contribution is -2.33. The summed E-state index contributed by atoms with van der Waals surface area (Å²) in [4.78, 5) is 58.3. The molecule has 1 aliphatic heterocycles. The average Bonchev–Trinajstić information content (AvgIpc) is 2.72. The number of aryl methyl sites for hydroxylation is 1. The summed E-state index contributed by atoms with van der Waals surface area (Å²) in [6, 6.07) is 7.03. The summed E-state index contributed by atoms with van der Waals surface area (Å²) in [5.74, 6) is -2.34. The highest BCUT2D eigenvalue weighted by Gasteiger charge is 2.39. The number of amides is 2. The molecule has 8 heteroatoms. The van der Waals surface area contributed by atoms with Gasteiger partial charge in [-0.05, 0) is 19.1 Å². The van der Waals surface area contributed by atoms with Crippen LogP contribution in [0.15, 0.2) is 35.1 Å². The second-order valence-corrected chi connectivity index (χ2v) is 4.55. The number of H-pyrrole nitrogens is 1. The van der Waals surface area contributed by atoms with Crippen LogP contribution < -0.4 is 5.56 Å². The van der Waals surface area contributed by atoms with E-state index in [0.717, 1.165) is 6.07 Å². The van der Waals surface area contributed by atoms with Gasteiger partial charge in [0.25, 0.3) is 17.4 Å². The molecule has 0 bridgehead atoms. The van der Waals surface area contributed by atoms with Crippen molar-refractivity contribution in [1.82, 2.24) is 15.0 Å². The van der Waals surface area contributed by atoms with Gasteiger partial charge in [0.2, 0.25) is 0 Å². The van der Waals surface area contributed by atoms with Gasteiger partial charge >= 0.3 is 5.97 Å². The van der Waals surface area contributed by atoms with E-state index < -0.39 is 23.3 Å². The molecule has 0 fully saturated rings. The number of hydrogen-bond acceptors (Lipinski definition) is 6. The van der Waals surface area contributed by atoms with Crippen LogP contribution in [0.2, 0.25) is 0 Å². The number of imide groups is 1. The number of hydrogen-bond donors (Lipinski definition) is 1. The first-order valence-electron chi connectivity index (χ1n) is 6.25. The summed E-state index contributed by atoms with van der Waals surface area (Å²) < 4.78 is 0. The van der Waals surface area contributed by atoms with Crippen LogP contribution in [0.1, 0.15) is 37.0 Å². The Morgan fingerprint density at radius 3 is 2.27 bits per heavy atom. The largest absolute Gasteiger partial charge is 0.382 e. The lowest BCUT2D eigenvalue weighted by atomic mass is 10.1. The van der Waals surface area contributed by atoms with Gasteiger partial charge in [0, 0.05) is 6.07 Å². The molecule has 3 rings (SSSR count). The Bertz CT molecular complexity index is 836. The second-order valence-electron chi connectivity index (χ2n) is 4.55. The highest BCUT2D eigenvalue weighted by Crippen LogP contribution is 2.23. The third-order valence-corrected chi connectivity index (χ3v) is 3.00. The van der Waals surface area contributed by atoms with Crippen molar-refractivity contribution in [2.24, 2.45) is 0 Å². The molecule has 2 aromatic rings. The number of aromatic nitrogens is 2. The van der Waals surface area contributed by atoms with Gasteiger partial charge in [0.1, 0.15) is 5.82 Å². The van der Waals surface area contributed by atoms with Crippen molar-refractivity contribution in [1.29, 1.82) is 0 Å². The maximum Gasteiger partial charge on any atom is 0.382 e. The Morgan fingerprint density at radius 2 is 1.73 bits per heavy atom. The minimum Gasteiger partial charge on any atom is -0.323 e. The molecule has 2 heterocycles. The van der Waals surface area contributed by atoms with Crippen molar-refractivity contribution in [3.8, 4) is 0 Å². The molecule has 22 heavy (non-hydrogen) atoms. The third-order valence-electron chi connectivity index (χ3n) is 3.00. The first-order chi connectivity index (χ1) is 10.5. The van der Waals surface area contributed by atoms with E-state index in [0.29, 0.717) is 5.06 Å². The van der Waals surface area contributed by atoms with Gasteiger partial charge < -0.3 is 9.82 Å². The van der Waals surface area contributed by atoms with E-state index in [4.69, 9.17) is 4.84 Å². The molecule has 0 radical (unpaired) electrons. The zero-order valence-electron chi connectivity index (χ0n) is 11.3. The molecule has 2 amide bonds. The smallest absolute Gasteiger partial charge is 0.323 e.